The molecule has 0 aliphatic carbocycles. The first-order valence-corrected chi connectivity index (χ1v) is 5.54. The second kappa shape index (κ2) is 5.53. The van der Waals surface area contributed by atoms with Gasteiger partial charge in [-0.15, -0.1) is 0 Å². The van der Waals surface area contributed by atoms with Crippen LogP contribution in [0.4, 0.5) is 0 Å². The molecule has 0 saturated heterocycles. The first-order chi connectivity index (χ1) is 7.41. The average Bonchev–Trinajstić information content (AvgIpc) is 2.15. The second-order valence-electron chi connectivity index (χ2n) is 3.65. The monoisotopic (exact) mass is 261 g/mol. The number of nitrogens with zero attached hydrogens (tertiary/aromatic N) is 1. The second-order valence-corrected chi connectivity index (χ2v) is 4.49. The molecule has 1 N–H and O–H groups in total. The summed E-state index contributed by atoms with van der Waals surface area (Å²) in [6.45, 7) is 1.87. The molecule has 1 aromatic rings. The fourth-order valence-electron chi connectivity index (χ4n) is 1.43. The maximum absolute atomic E-state index is 10.6. The molecule has 0 amide bonds. The van der Waals surface area contributed by atoms with Crippen molar-refractivity contribution >= 4 is 29.2 Å². The van der Waals surface area contributed by atoms with Crippen LogP contribution in [-0.2, 0) is 4.79 Å². The van der Waals surface area contributed by atoms with E-state index in [1.807, 2.05) is 13.0 Å². The minimum atomic E-state index is -0.862. The van der Waals surface area contributed by atoms with Gasteiger partial charge in [-0.3, -0.25) is 9.69 Å². The summed E-state index contributed by atoms with van der Waals surface area (Å²) in [7, 11) is 1.74. The molecule has 16 heavy (non-hydrogen) atoms. The summed E-state index contributed by atoms with van der Waals surface area (Å²) in [5, 5.41) is 9.82. The highest BCUT2D eigenvalue weighted by molar-refractivity contribution is 6.35. The number of benzene rings is 1. The molecule has 0 aromatic heterocycles. The number of carboxylic acid groups (broad SMARTS) is 1. The molecule has 0 heterocycles. The molecule has 1 atom stereocenters. The minimum Gasteiger partial charge on any atom is -0.480 e. The van der Waals surface area contributed by atoms with Crippen LogP contribution in [-0.4, -0.2) is 29.6 Å². The minimum absolute atomic E-state index is 0.0277. The normalized spacial score (nSPS) is 12.8. The molecule has 88 valence electrons. The number of halogens is 2. The van der Waals surface area contributed by atoms with Crippen LogP contribution in [0.15, 0.2) is 18.2 Å². The van der Waals surface area contributed by atoms with Crippen molar-refractivity contribution < 1.29 is 9.90 Å². The van der Waals surface area contributed by atoms with Crippen molar-refractivity contribution in [1.29, 1.82) is 0 Å². The van der Waals surface area contributed by atoms with Gasteiger partial charge in [-0.05, 0) is 31.7 Å². The Balaban J connectivity index is 2.87. The maximum atomic E-state index is 10.6. The molecular weight excluding hydrogens is 249 g/mol. The summed E-state index contributed by atoms with van der Waals surface area (Å²) >= 11 is 11.8. The number of hydrogen-bond donors (Lipinski definition) is 1. The fourth-order valence-corrected chi connectivity index (χ4v) is 1.99. The molecule has 0 saturated carbocycles. The standard InChI is InChI=1S/C11H13Cl2NO2/c1-7(14(2)6-11(15)16)9-4-3-8(12)5-10(9)13/h3-5,7H,6H2,1-2H3,(H,15,16). The van der Waals surface area contributed by atoms with Gasteiger partial charge in [0.1, 0.15) is 0 Å². The van der Waals surface area contributed by atoms with E-state index in [-0.39, 0.29) is 12.6 Å². The zero-order valence-electron chi connectivity index (χ0n) is 9.08. The van der Waals surface area contributed by atoms with Crippen LogP contribution in [0.25, 0.3) is 0 Å². The van der Waals surface area contributed by atoms with E-state index in [0.717, 1.165) is 5.56 Å². The highest BCUT2D eigenvalue weighted by atomic mass is 35.5. The summed E-state index contributed by atoms with van der Waals surface area (Å²) in [6.07, 6.45) is 0. The van der Waals surface area contributed by atoms with Crippen LogP contribution in [0.3, 0.4) is 0 Å². The number of carbonyl (C=O) groups is 1. The molecular formula is C11H13Cl2NO2. The highest BCUT2D eigenvalue weighted by Gasteiger charge is 2.16. The number of carboxylic acids is 1. The van der Waals surface area contributed by atoms with Crippen LogP contribution in [0.5, 0.6) is 0 Å². The third-order valence-electron chi connectivity index (χ3n) is 2.46. The number of aliphatic carboxylic acids is 1. The van der Waals surface area contributed by atoms with E-state index in [1.54, 1.807) is 24.1 Å². The number of rotatable bonds is 4. The first-order valence-electron chi connectivity index (χ1n) is 4.78. The lowest BCUT2D eigenvalue weighted by Crippen LogP contribution is -2.28. The average molecular weight is 262 g/mol. The third kappa shape index (κ3) is 3.37. The van der Waals surface area contributed by atoms with Crippen LogP contribution in [0, 0.1) is 0 Å². The Kier molecular flexibility index (Phi) is 4.59. The first kappa shape index (κ1) is 13.3. The molecule has 5 heteroatoms. The number of likely N-dealkylation sites (N-methyl/N-ethyl adjacent to an activating group) is 1. The SMILES string of the molecule is CC(c1ccc(Cl)cc1Cl)N(C)CC(=O)O. The van der Waals surface area contributed by atoms with Crippen molar-refractivity contribution in [1.82, 2.24) is 4.90 Å². The van der Waals surface area contributed by atoms with E-state index in [2.05, 4.69) is 0 Å². The Labute approximate surface area is 105 Å². The predicted molar refractivity (Wildman–Crippen MR) is 65.1 cm³/mol. The lowest BCUT2D eigenvalue weighted by molar-refractivity contribution is -0.138. The van der Waals surface area contributed by atoms with Gasteiger partial charge in [-0.1, -0.05) is 29.3 Å². The fraction of sp³-hybridized carbons (Fsp3) is 0.364. The summed E-state index contributed by atoms with van der Waals surface area (Å²) in [6, 6.07) is 5.14. The van der Waals surface area contributed by atoms with Gasteiger partial charge in [0.25, 0.3) is 0 Å². The van der Waals surface area contributed by atoms with Crippen LogP contribution >= 0.6 is 23.2 Å². The molecule has 0 aliphatic rings. The Hall–Kier alpha value is -0.770. The third-order valence-corrected chi connectivity index (χ3v) is 3.02. The van der Waals surface area contributed by atoms with Crippen molar-refractivity contribution in [3.8, 4) is 0 Å². The Morgan fingerprint density at radius 2 is 2.12 bits per heavy atom. The lowest BCUT2D eigenvalue weighted by Gasteiger charge is -2.24. The molecule has 1 unspecified atom stereocenters. The van der Waals surface area contributed by atoms with Gasteiger partial charge in [-0.2, -0.15) is 0 Å². The van der Waals surface area contributed by atoms with Crippen molar-refractivity contribution in [2.45, 2.75) is 13.0 Å². The van der Waals surface area contributed by atoms with Gasteiger partial charge < -0.3 is 5.11 Å². The van der Waals surface area contributed by atoms with E-state index in [4.69, 9.17) is 28.3 Å². The zero-order chi connectivity index (χ0) is 12.3. The Morgan fingerprint density at radius 1 is 1.50 bits per heavy atom. The largest absolute Gasteiger partial charge is 0.480 e. The summed E-state index contributed by atoms with van der Waals surface area (Å²) in [4.78, 5) is 12.3. The van der Waals surface area contributed by atoms with Crippen molar-refractivity contribution in [2.24, 2.45) is 0 Å². The van der Waals surface area contributed by atoms with Gasteiger partial charge >= 0.3 is 5.97 Å². The van der Waals surface area contributed by atoms with Gasteiger partial charge in [-0.25, -0.2) is 0 Å². The molecule has 3 nitrogen and oxygen atoms in total. The van der Waals surface area contributed by atoms with Gasteiger partial charge in [0.2, 0.25) is 0 Å². The molecule has 0 radical (unpaired) electrons. The van der Waals surface area contributed by atoms with E-state index in [1.165, 1.54) is 0 Å². The van der Waals surface area contributed by atoms with Crippen molar-refractivity contribution in [3.05, 3.63) is 33.8 Å². The van der Waals surface area contributed by atoms with Crippen LogP contribution < -0.4 is 0 Å². The van der Waals surface area contributed by atoms with Crippen molar-refractivity contribution in [2.75, 3.05) is 13.6 Å². The van der Waals surface area contributed by atoms with Crippen molar-refractivity contribution in [3.63, 3.8) is 0 Å². The van der Waals surface area contributed by atoms with Gasteiger partial charge in [0.15, 0.2) is 0 Å². The van der Waals surface area contributed by atoms with E-state index in [9.17, 15) is 4.79 Å². The molecule has 0 bridgehead atoms. The van der Waals surface area contributed by atoms with E-state index in [0.29, 0.717) is 10.0 Å². The summed E-state index contributed by atoms with van der Waals surface area (Å²) in [5.41, 5.74) is 0.870. The maximum Gasteiger partial charge on any atom is 0.317 e. The Morgan fingerprint density at radius 3 is 2.62 bits per heavy atom. The molecule has 0 aliphatic heterocycles. The molecule has 0 spiro atoms. The lowest BCUT2D eigenvalue weighted by atomic mass is 10.1. The molecule has 1 rings (SSSR count). The van der Waals surface area contributed by atoms with Gasteiger partial charge in [0, 0.05) is 16.1 Å². The molecule has 1 aromatic carbocycles. The van der Waals surface area contributed by atoms with E-state index < -0.39 is 5.97 Å². The smallest absolute Gasteiger partial charge is 0.317 e. The highest BCUT2D eigenvalue weighted by Crippen LogP contribution is 2.28. The Bertz CT molecular complexity index is 396. The van der Waals surface area contributed by atoms with Crippen LogP contribution in [0.2, 0.25) is 10.0 Å². The quantitative estimate of drug-likeness (QED) is 0.906. The molecule has 0 fully saturated rings. The van der Waals surface area contributed by atoms with Crippen LogP contribution in [0.1, 0.15) is 18.5 Å². The zero-order valence-corrected chi connectivity index (χ0v) is 10.6. The van der Waals surface area contributed by atoms with E-state index >= 15 is 0 Å². The van der Waals surface area contributed by atoms with Gasteiger partial charge in [0.05, 0.1) is 6.54 Å². The summed E-state index contributed by atoms with van der Waals surface area (Å²) < 4.78 is 0. The summed E-state index contributed by atoms with van der Waals surface area (Å²) in [5.74, 6) is -0.862. The predicted octanol–water partition coefficient (Wildman–Crippen LogP) is 3.07. The number of hydrogen-bond acceptors (Lipinski definition) is 2. The topological polar surface area (TPSA) is 40.5 Å².